The molecule has 2 heterocycles. The van der Waals surface area contributed by atoms with Gasteiger partial charge in [0.15, 0.2) is 5.69 Å². The van der Waals surface area contributed by atoms with Gasteiger partial charge in [0.1, 0.15) is 11.2 Å². The molecule has 1 aliphatic rings. The zero-order chi connectivity index (χ0) is 19.1. The number of amides is 1. The van der Waals surface area contributed by atoms with Crippen molar-refractivity contribution in [3.05, 3.63) is 42.0 Å². The Morgan fingerprint density at radius 3 is 2.65 bits per heavy atom. The number of hydrogen-bond acceptors (Lipinski definition) is 4. The monoisotopic (exact) mass is 376 g/mol. The van der Waals surface area contributed by atoms with Crippen LogP contribution in [0.2, 0.25) is 0 Å². The van der Waals surface area contributed by atoms with Crippen LogP contribution in [-0.2, 0) is 16.6 Å². The second-order valence-corrected chi connectivity index (χ2v) is 8.79. The highest BCUT2D eigenvalue weighted by molar-refractivity contribution is 7.89. The van der Waals surface area contributed by atoms with Crippen LogP contribution < -0.4 is 0 Å². The zero-order valence-corrected chi connectivity index (χ0v) is 16.3. The minimum atomic E-state index is -3.66. The van der Waals surface area contributed by atoms with Gasteiger partial charge in [0.2, 0.25) is 10.0 Å². The summed E-state index contributed by atoms with van der Waals surface area (Å²) in [7, 11) is -1.95. The van der Waals surface area contributed by atoms with Crippen LogP contribution in [0, 0.1) is 5.92 Å². The fraction of sp³-hybridized carbons (Fsp3) is 0.444. The summed E-state index contributed by atoms with van der Waals surface area (Å²) in [5.74, 6) is -0.0496. The Bertz CT molecular complexity index is 934. The Balaban J connectivity index is 2.23. The van der Waals surface area contributed by atoms with Gasteiger partial charge < -0.3 is 4.90 Å². The highest BCUT2D eigenvalue weighted by atomic mass is 32.2. The quantitative estimate of drug-likeness (QED) is 0.819. The van der Waals surface area contributed by atoms with E-state index < -0.39 is 10.0 Å². The van der Waals surface area contributed by atoms with E-state index >= 15 is 0 Å². The third-order valence-electron chi connectivity index (χ3n) is 4.53. The second kappa shape index (κ2) is 6.85. The zero-order valence-electron chi connectivity index (χ0n) is 15.5. The number of nitrogens with zero attached hydrogens (tertiary/aromatic N) is 4. The summed E-state index contributed by atoms with van der Waals surface area (Å²) < 4.78 is 29.6. The molecule has 1 amide bonds. The van der Waals surface area contributed by atoms with Crippen LogP contribution in [-0.4, -0.2) is 53.2 Å². The van der Waals surface area contributed by atoms with Crippen LogP contribution in [0.1, 0.15) is 37.0 Å². The van der Waals surface area contributed by atoms with E-state index in [9.17, 15) is 13.2 Å². The van der Waals surface area contributed by atoms with Crippen LogP contribution in [0.15, 0.2) is 35.5 Å². The van der Waals surface area contributed by atoms with Crippen molar-refractivity contribution in [3.8, 4) is 5.69 Å². The molecule has 8 heteroatoms. The van der Waals surface area contributed by atoms with E-state index in [1.165, 1.54) is 4.31 Å². The minimum absolute atomic E-state index is 0.119. The van der Waals surface area contributed by atoms with Gasteiger partial charge in [-0.1, -0.05) is 26.0 Å². The van der Waals surface area contributed by atoms with Crippen molar-refractivity contribution >= 4 is 15.9 Å². The first-order valence-corrected chi connectivity index (χ1v) is 10.1. The molecule has 0 fully saturated rings. The van der Waals surface area contributed by atoms with Gasteiger partial charge in [-0.05, 0) is 25.0 Å². The molecule has 3 rings (SSSR count). The van der Waals surface area contributed by atoms with Crippen molar-refractivity contribution in [2.24, 2.45) is 5.92 Å². The lowest BCUT2D eigenvalue weighted by atomic mass is 10.2. The van der Waals surface area contributed by atoms with E-state index in [4.69, 9.17) is 0 Å². The number of hydrogen-bond donors (Lipinski definition) is 0. The lowest BCUT2D eigenvalue weighted by Gasteiger charge is -2.22. The van der Waals surface area contributed by atoms with Crippen LogP contribution in [0.3, 0.4) is 0 Å². The topological polar surface area (TPSA) is 75.5 Å². The average Bonchev–Trinajstić information content (AvgIpc) is 2.99. The molecule has 0 bridgehead atoms. The van der Waals surface area contributed by atoms with Crippen molar-refractivity contribution < 1.29 is 13.2 Å². The van der Waals surface area contributed by atoms with Crippen molar-refractivity contribution in [3.63, 3.8) is 0 Å². The van der Waals surface area contributed by atoms with Crippen molar-refractivity contribution in [1.29, 1.82) is 0 Å². The number of fused-ring (bicyclic) bond motifs is 3. The molecule has 7 nitrogen and oxygen atoms in total. The predicted molar refractivity (Wildman–Crippen MR) is 98.6 cm³/mol. The van der Waals surface area contributed by atoms with Gasteiger partial charge in [0.05, 0.1) is 17.9 Å². The number of imidazole rings is 1. The summed E-state index contributed by atoms with van der Waals surface area (Å²) >= 11 is 0. The molecule has 2 aromatic rings. The number of aromatic nitrogens is 2. The first-order chi connectivity index (χ1) is 12.3. The lowest BCUT2D eigenvalue weighted by molar-refractivity contribution is 0.0795. The summed E-state index contributed by atoms with van der Waals surface area (Å²) in [4.78, 5) is 18.8. The van der Waals surface area contributed by atoms with Gasteiger partial charge >= 0.3 is 0 Å². The molecule has 0 saturated heterocycles. The molecule has 26 heavy (non-hydrogen) atoms. The Hall–Kier alpha value is -2.19. The maximum atomic E-state index is 13.2. The average molecular weight is 376 g/mol. The SMILES string of the molecule is CCN(C)C(=O)c1ncn2c1CN(CC(C)C)S(=O)(=O)c1ccccc1-2. The number of benzene rings is 1. The molecule has 0 saturated carbocycles. The summed E-state index contributed by atoms with van der Waals surface area (Å²) in [6, 6.07) is 6.85. The summed E-state index contributed by atoms with van der Waals surface area (Å²) in [5, 5.41) is 0. The van der Waals surface area contributed by atoms with E-state index in [-0.39, 0.29) is 23.3 Å². The third-order valence-corrected chi connectivity index (χ3v) is 6.39. The Kier molecular flexibility index (Phi) is 4.90. The number of sulfonamides is 1. The molecule has 0 atom stereocenters. The summed E-state index contributed by atoms with van der Waals surface area (Å²) in [5.41, 5.74) is 1.43. The van der Waals surface area contributed by atoms with Gasteiger partial charge in [0.25, 0.3) is 5.91 Å². The Morgan fingerprint density at radius 2 is 2.00 bits per heavy atom. The smallest absolute Gasteiger partial charge is 0.274 e. The molecule has 0 radical (unpaired) electrons. The maximum absolute atomic E-state index is 13.2. The number of para-hydroxylation sites is 1. The normalized spacial score (nSPS) is 16.0. The first kappa shape index (κ1) is 18.6. The minimum Gasteiger partial charge on any atom is -0.341 e. The Labute approximate surface area is 154 Å². The van der Waals surface area contributed by atoms with Crippen LogP contribution in [0.25, 0.3) is 5.69 Å². The van der Waals surface area contributed by atoms with E-state index in [1.54, 1.807) is 47.1 Å². The van der Waals surface area contributed by atoms with Gasteiger partial charge in [-0.2, -0.15) is 4.31 Å². The molecule has 1 aromatic carbocycles. The molecule has 1 aromatic heterocycles. The van der Waals surface area contributed by atoms with Gasteiger partial charge in [-0.25, -0.2) is 13.4 Å². The second-order valence-electron chi connectivity index (χ2n) is 6.89. The number of carbonyl (C=O) groups excluding carboxylic acids is 1. The van der Waals surface area contributed by atoms with Gasteiger partial charge in [0, 0.05) is 20.1 Å². The molecule has 0 unspecified atom stereocenters. The van der Waals surface area contributed by atoms with Crippen molar-refractivity contribution in [1.82, 2.24) is 18.8 Å². The highest BCUT2D eigenvalue weighted by Crippen LogP contribution is 2.31. The van der Waals surface area contributed by atoms with Crippen molar-refractivity contribution in [2.75, 3.05) is 20.1 Å². The van der Waals surface area contributed by atoms with Crippen LogP contribution >= 0.6 is 0 Å². The fourth-order valence-electron chi connectivity index (χ4n) is 3.07. The standard InChI is InChI=1S/C18H24N4O3S/c1-5-20(4)18(23)17-15-11-21(10-13(2)3)26(24,25)16-9-7-6-8-14(16)22(15)12-19-17/h6-9,12-13H,5,10-11H2,1-4H3. The van der Waals surface area contributed by atoms with E-state index in [2.05, 4.69) is 4.98 Å². The fourth-order valence-corrected chi connectivity index (χ4v) is 4.82. The predicted octanol–water partition coefficient (Wildman–Crippen LogP) is 2.12. The van der Waals surface area contributed by atoms with Crippen LogP contribution in [0.5, 0.6) is 0 Å². The highest BCUT2D eigenvalue weighted by Gasteiger charge is 2.35. The van der Waals surface area contributed by atoms with E-state index in [0.717, 1.165) is 0 Å². The summed E-state index contributed by atoms with van der Waals surface area (Å²) in [6.07, 6.45) is 1.54. The van der Waals surface area contributed by atoms with Gasteiger partial charge in [-0.3, -0.25) is 9.36 Å². The molecule has 0 aliphatic carbocycles. The lowest BCUT2D eigenvalue weighted by Crippen LogP contribution is -2.34. The van der Waals surface area contributed by atoms with Crippen molar-refractivity contribution in [2.45, 2.75) is 32.2 Å². The molecular formula is C18H24N4O3S. The number of carbonyl (C=O) groups is 1. The summed E-state index contributed by atoms with van der Waals surface area (Å²) in [6.45, 7) is 6.88. The molecular weight excluding hydrogens is 352 g/mol. The third kappa shape index (κ3) is 3.03. The van der Waals surface area contributed by atoms with E-state index in [0.29, 0.717) is 30.2 Å². The Morgan fingerprint density at radius 1 is 1.31 bits per heavy atom. The van der Waals surface area contributed by atoms with Gasteiger partial charge in [-0.15, -0.1) is 0 Å². The molecule has 140 valence electrons. The first-order valence-electron chi connectivity index (χ1n) is 8.68. The van der Waals surface area contributed by atoms with Crippen LogP contribution in [0.4, 0.5) is 0 Å². The van der Waals surface area contributed by atoms with E-state index in [1.807, 2.05) is 20.8 Å². The maximum Gasteiger partial charge on any atom is 0.274 e. The molecule has 0 N–H and O–H groups in total. The largest absolute Gasteiger partial charge is 0.341 e. The number of rotatable bonds is 4. The molecule has 1 aliphatic heterocycles. The molecule has 0 spiro atoms.